The molecule has 0 bridgehead atoms. The monoisotopic (exact) mass is 375 g/mol. The third-order valence-corrected chi connectivity index (χ3v) is 4.16. The van der Waals surface area contributed by atoms with Gasteiger partial charge in [-0.3, -0.25) is 0 Å². The highest BCUT2D eigenvalue weighted by Gasteiger charge is 2.16. The van der Waals surface area contributed by atoms with Crippen molar-refractivity contribution in [2.75, 3.05) is 0 Å². The van der Waals surface area contributed by atoms with Crippen LogP contribution >= 0.6 is 34.2 Å². The highest BCUT2D eigenvalue weighted by Crippen LogP contribution is 2.30. The van der Waals surface area contributed by atoms with E-state index in [0.717, 1.165) is 14.7 Å². The van der Waals surface area contributed by atoms with Gasteiger partial charge >= 0.3 is 0 Å². The predicted molar refractivity (Wildman–Crippen MR) is 81.3 cm³/mol. The number of nitrogens with two attached hydrogens (primary N) is 1. The Balaban J connectivity index is 2.50. The van der Waals surface area contributed by atoms with Gasteiger partial charge in [0, 0.05) is 8.59 Å². The highest BCUT2D eigenvalue weighted by atomic mass is 127. The molecule has 2 N–H and O–H groups in total. The van der Waals surface area contributed by atoms with Gasteiger partial charge in [0.2, 0.25) is 0 Å². The van der Waals surface area contributed by atoms with Crippen LogP contribution in [0.2, 0.25) is 5.02 Å². The Kier molecular flexibility index (Phi) is 4.25. The lowest BCUT2D eigenvalue weighted by atomic mass is 9.98. The van der Waals surface area contributed by atoms with Crippen LogP contribution in [-0.2, 0) is 0 Å². The third kappa shape index (κ3) is 2.68. The van der Waals surface area contributed by atoms with E-state index in [1.165, 1.54) is 6.07 Å². The van der Waals surface area contributed by atoms with Gasteiger partial charge in [0.15, 0.2) is 0 Å². The number of hydrogen-bond donors (Lipinski definition) is 1. The number of rotatable bonds is 2. The lowest BCUT2D eigenvalue weighted by molar-refractivity contribution is 0.617. The van der Waals surface area contributed by atoms with E-state index in [2.05, 4.69) is 22.6 Å². The molecule has 0 fully saturated rings. The van der Waals surface area contributed by atoms with Crippen molar-refractivity contribution in [3.63, 3.8) is 0 Å². The average Bonchev–Trinajstić information content (AvgIpc) is 2.33. The van der Waals surface area contributed by atoms with Crippen LogP contribution in [0.1, 0.15) is 22.7 Å². The minimum absolute atomic E-state index is 0.307. The molecule has 1 atom stereocenters. The van der Waals surface area contributed by atoms with Gasteiger partial charge < -0.3 is 5.73 Å². The molecule has 2 rings (SSSR count). The maximum absolute atomic E-state index is 13.4. The van der Waals surface area contributed by atoms with Crippen LogP contribution in [0.5, 0.6) is 0 Å². The van der Waals surface area contributed by atoms with Gasteiger partial charge in [-0.15, -0.1) is 0 Å². The van der Waals surface area contributed by atoms with Crippen LogP contribution in [0.25, 0.3) is 0 Å². The lowest BCUT2D eigenvalue weighted by Crippen LogP contribution is -2.14. The van der Waals surface area contributed by atoms with Crippen molar-refractivity contribution in [1.82, 2.24) is 0 Å². The fourth-order valence-corrected chi connectivity index (χ4v) is 2.80. The third-order valence-electron chi connectivity index (χ3n) is 2.85. The van der Waals surface area contributed by atoms with Crippen LogP contribution in [0, 0.1) is 16.3 Å². The summed E-state index contributed by atoms with van der Waals surface area (Å²) in [5.74, 6) is -0.307. The molecule has 1 unspecified atom stereocenters. The second kappa shape index (κ2) is 5.55. The summed E-state index contributed by atoms with van der Waals surface area (Å²) >= 11 is 8.31. The summed E-state index contributed by atoms with van der Waals surface area (Å²) in [6.45, 7) is 1.71. The summed E-state index contributed by atoms with van der Waals surface area (Å²) in [4.78, 5) is 0. The van der Waals surface area contributed by atoms with E-state index >= 15 is 0 Å². The Morgan fingerprint density at radius 2 is 1.89 bits per heavy atom. The summed E-state index contributed by atoms with van der Waals surface area (Å²) in [5.41, 5.74) is 8.52. The Morgan fingerprint density at radius 1 is 1.22 bits per heavy atom. The van der Waals surface area contributed by atoms with Crippen molar-refractivity contribution in [2.45, 2.75) is 13.0 Å². The van der Waals surface area contributed by atoms with Gasteiger partial charge in [0.05, 0.1) is 6.04 Å². The van der Waals surface area contributed by atoms with Crippen molar-refractivity contribution < 1.29 is 4.39 Å². The zero-order valence-corrected chi connectivity index (χ0v) is 12.7. The van der Waals surface area contributed by atoms with E-state index in [1.807, 2.05) is 24.3 Å². The SMILES string of the molecule is Cc1cc(C(N)c2ccccc2I)c(Cl)cc1F. The van der Waals surface area contributed by atoms with E-state index in [-0.39, 0.29) is 11.9 Å². The first kappa shape index (κ1) is 13.8. The molecule has 4 heteroatoms. The molecule has 0 heterocycles. The van der Waals surface area contributed by atoms with Crippen molar-refractivity contribution >= 4 is 34.2 Å². The Hall–Kier alpha value is -0.650. The van der Waals surface area contributed by atoms with Crippen LogP contribution < -0.4 is 5.73 Å². The second-order valence-electron chi connectivity index (χ2n) is 4.12. The molecular formula is C14H12ClFIN. The first-order chi connectivity index (χ1) is 8.50. The Labute approximate surface area is 124 Å². The first-order valence-corrected chi connectivity index (χ1v) is 6.92. The molecule has 0 amide bonds. The predicted octanol–water partition coefficient (Wildman–Crippen LogP) is 4.44. The topological polar surface area (TPSA) is 26.0 Å². The lowest BCUT2D eigenvalue weighted by Gasteiger charge is -2.16. The van der Waals surface area contributed by atoms with Crippen LogP contribution in [-0.4, -0.2) is 0 Å². The van der Waals surface area contributed by atoms with Gasteiger partial charge in [-0.25, -0.2) is 4.39 Å². The maximum Gasteiger partial charge on any atom is 0.127 e. The van der Waals surface area contributed by atoms with E-state index in [4.69, 9.17) is 17.3 Å². The summed E-state index contributed by atoms with van der Waals surface area (Å²) in [6, 6.07) is 10.5. The fourth-order valence-electron chi connectivity index (χ4n) is 1.81. The van der Waals surface area contributed by atoms with Crippen molar-refractivity contribution in [1.29, 1.82) is 0 Å². The maximum atomic E-state index is 13.4. The summed E-state index contributed by atoms with van der Waals surface area (Å²) in [6.07, 6.45) is 0. The van der Waals surface area contributed by atoms with Crippen LogP contribution in [0.4, 0.5) is 4.39 Å². The molecule has 2 aromatic carbocycles. The summed E-state index contributed by atoms with van der Waals surface area (Å²) in [5, 5.41) is 0.366. The molecule has 0 aliphatic heterocycles. The quantitative estimate of drug-likeness (QED) is 0.772. The summed E-state index contributed by atoms with van der Waals surface area (Å²) in [7, 11) is 0. The van der Waals surface area contributed by atoms with Gasteiger partial charge in [0.25, 0.3) is 0 Å². The minimum atomic E-state index is -0.343. The molecule has 0 spiro atoms. The highest BCUT2D eigenvalue weighted by molar-refractivity contribution is 14.1. The summed E-state index contributed by atoms with van der Waals surface area (Å²) < 4.78 is 14.4. The van der Waals surface area contributed by atoms with E-state index in [9.17, 15) is 4.39 Å². The minimum Gasteiger partial charge on any atom is -0.320 e. The normalized spacial score (nSPS) is 12.5. The Morgan fingerprint density at radius 3 is 2.56 bits per heavy atom. The molecule has 0 aliphatic carbocycles. The molecule has 0 aromatic heterocycles. The molecule has 2 aromatic rings. The smallest absolute Gasteiger partial charge is 0.127 e. The standard InChI is InChI=1S/C14H12ClFIN/c1-8-6-10(11(15)7-12(8)16)14(18)9-4-2-3-5-13(9)17/h2-7,14H,18H2,1H3. The van der Waals surface area contributed by atoms with Gasteiger partial charge in [-0.2, -0.15) is 0 Å². The van der Waals surface area contributed by atoms with Gasteiger partial charge in [0.1, 0.15) is 5.82 Å². The fraction of sp³-hybridized carbons (Fsp3) is 0.143. The number of benzene rings is 2. The largest absolute Gasteiger partial charge is 0.320 e. The van der Waals surface area contributed by atoms with Crippen LogP contribution in [0.15, 0.2) is 36.4 Å². The molecule has 0 saturated heterocycles. The molecular weight excluding hydrogens is 364 g/mol. The van der Waals surface area contributed by atoms with E-state index in [1.54, 1.807) is 13.0 Å². The van der Waals surface area contributed by atoms with Crippen LogP contribution in [0.3, 0.4) is 0 Å². The van der Waals surface area contributed by atoms with E-state index in [0.29, 0.717) is 10.6 Å². The first-order valence-electron chi connectivity index (χ1n) is 5.46. The molecule has 0 radical (unpaired) electrons. The second-order valence-corrected chi connectivity index (χ2v) is 5.69. The van der Waals surface area contributed by atoms with Gasteiger partial charge in [-0.1, -0.05) is 29.8 Å². The Bertz CT molecular complexity index is 586. The molecule has 0 saturated carbocycles. The zero-order chi connectivity index (χ0) is 13.3. The molecule has 1 nitrogen and oxygen atoms in total. The van der Waals surface area contributed by atoms with Gasteiger partial charge in [-0.05, 0) is 64.4 Å². The number of halogens is 3. The van der Waals surface area contributed by atoms with Crippen molar-refractivity contribution in [2.24, 2.45) is 5.73 Å². The van der Waals surface area contributed by atoms with E-state index < -0.39 is 0 Å². The molecule has 94 valence electrons. The average molecular weight is 376 g/mol. The van der Waals surface area contributed by atoms with Crippen molar-refractivity contribution in [3.8, 4) is 0 Å². The zero-order valence-electron chi connectivity index (χ0n) is 9.75. The molecule has 0 aliphatic rings. The number of aryl methyl sites for hydroxylation is 1. The molecule has 18 heavy (non-hydrogen) atoms. The number of hydrogen-bond acceptors (Lipinski definition) is 1. The van der Waals surface area contributed by atoms with Crippen molar-refractivity contribution in [3.05, 3.63) is 67.5 Å².